The van der Waals surface area contributed by atoms with Crippen LogP contribution in [0.5, 0.6) is 0 Å². The Balaban J connectivity index is 2.60. The Bertz CT molecular complexity index is 593. The fourth-order valence-electron chi connectivity index (χ4n) is 2.70. The van der Waals surface area contributed by atoms with Crippen molar-refractivity contribution >= 4 is 16.7 Å². The molecule has 0 radical (unpaired) electrons. The molecule has 1 aromatic carbocycles. The highest BCUT2D eigenvalue weighted by atomic mass is 16.1. The van der Waals surface area contributed by atoms with Crippen LogP contribution in [0.4, 0.5) is 0 Å². The van der Waals surface area contributed by atoms with Crippen molar-refractivity contribution in [1.29, 1.82) is 0 Å². The molecular weight excluding hydrogens is 222 g/mol. The molecule has 1 heterocycles. The summed E-state index contributed by atoms with van der Waals surface area (Å²) in [5.74, 6) is 0.262. The van der Waals surface area contributed by atoms with E-state index in [1.165, 1.54) is 27.7 Å². The third-order valence-corrected chi connectivity index (χ3v) is 3.83. The van der Waals surface area contributed by atoms with E-state index in [2.05, 4.69) is 43.7 Å². The smallest absolute Gasteiger partial charge is 0.130 e. The van der Waals surface area contributed by atoms with E-state index in [1.807, 2.05) is 0 Å². The molecule has 0 bridgehead atoms. The van der Waals surface area contributed by atoms with Crippen LogP contribution in [0.15, 0.2) is 18.2 Å². The highest BCUT2D eigenvalue weighted by molar-refractivity contribution is 5.89. The molecular formula is C16H21NO. The standard InChI is InChI=1S/C16H21NO/c1-5-13-7-6-8-15-14(10-9-11(2)18)12(3)17(4)16(13)15/h6-8H,5,9-10H2,1-4H3. The Morgan fingerprint density at radius 1 is 1.33 bits per heavy atom. The maximum atomic E-state index is 11.2. The maximum absolute atomic E-state index is 11.2. The van der Waals surface area contributed by atoms with E-state index in [9.17, 15) is 4.79 Å². The van der Waals surface area contributed by atoms with Gasteiger partial charge in [0.25, 0.3) is 0 Å². The summed E-state index contributed by atoms with van der Waals surface area (Å²) in [6.45, 7) is 6.00. The summed E-state index contributed by atoms with van der Waals surface area (Å²) in [6, 6.07) is 6.49. The van der Waals surface area contributed by atoms with Gasteiger partial charge in [-0.2, -0.15) is 0 Å². The minimum absolute atomic E-state index is 0.262. The van der Waals surface area contributed by atoms with Crippen LogP contribution in [0.2, 0.25) is 0 Å². The number of carbonyl (C=O) groups is 1. The van der Waals surface area contributed by atoms with Gasteiger partial charge in [-0.25, -0.2) is 0 Å². The van der Waals surface area contributed by atoms with Gasteiger partial charge >= 0.3 is 0 Å². The van der Waals surface area contributed by atoms with E-state index < -0.39 is 0 Å². The Morgan fingerprint density at radius 3 is 2.67 bits per heavy atom. The lowest BCUT2D eigenvalue weighted by molar-refractivity contribution is -0.116. The molecule has 0 amide bonds. The topological polar surface area (TPSA) is 22.0 Å². The third-order valence-electron chi connectivity index (χ3n) is 3.83. The molecule has 0 aliphatic rings. The number of carbonyl (C=O) groups excluding carboxylic acids is 1. The van der Waals surface area contributed by atoms with Crippen LogP contribution < -0.4 is 0 Å². The van der Waals surface area contributed by atoms with E-state index in [4.69, 9.17) is 0 Å². The van der Waals surface area contributed by atoms with E-state index in [0.29, 0.717) is 6.42 Å². The van der Waals surface area contributed by atoms with Crippen LogP contribution in [0.1, 0.15) is 37.1 Å². The van der Waals surface area contributed by atoms with Crippen molar-refractivity contribution in [3.8, 4) is 0 Å². The van der Waals surface area contributed by atoms with Gasteiger partial charge < -0.3 is 9.36 Å². The Labute approximate surface area is 109 Å². The molecule has 96 valence electrons. The molecule has 2 heteroatoms. The van der Waals surface area contributed by atoms with Gasteiger partial charge in [-0.3, -0.25) is 0 Å². The van der Waals surface area contributed by atoms with Crippen LogP contribution >= 0.6 is 0 Å². The summed E-state index contributed by atoms with van der Waals surface area (Å²) in [7, 11) is 2.12. The summed E-state index contributed by atoms with van der Waals surface area (Å²) in [4.78, 5) is 11.2. The summed E-state index contributed by atoms with van der Waals surface area (Å²) >= 11 is 0. The molecule has 0 fully saturated rings. The minimum Gasteiger partial charge on any atom is -0.347 e. The fourth-order valence-corrected chi connectivity index (χ4v) is 2.70. The van der Waals surface area contributed by atoms with Gasteiger partial charge in [0.05, 0.1) is 5.52 Å². The number of benzene rings is 1. The second kappa shape index (κ2) is 4.97. The predicted molar refractivity (Wildman–Crippen MR) is 76.0 cm³/mol. The number of rotatable bonds is 4. The van der Waals surface area contributed by atoms with E-state index >= 15 is 0 Å². The maximum Gasteiger partial charge on any atom is 0.130 e. The van der Waals surface area contributed by atoms with Gasteiger partial charge in [-0.15, -0.1) is 0 Å². The quantitative estimate of drug-likeness (QED) is 0.804. The number of nitrogens with zero attached hydrogens (tertiary/aromatic N) is 1. The van der Waals surface area contributed by atoms with Crippen molar-refractivity contribution in [2.45, 2.75) is 40.0 Å². The van der Waals surface area contributed by atoms with E-state index in [-0.39, 0.29) is 5.78 Å². The van der Waals surface area contributed by atoms with Crippen molar-refractivity contribution in [2.24, 2.45) is 7.05 Å². The third kappa shape index (κ3) is 2.07. The molecule has 2 nitrogen and oxygen atoms in total. The Hall–Kier alpha value is -1.57. The number of aromatic nitrogens is 1. The van der Waals surface area contributed by atoms with Crippen molar-refractivity contribution < 1.29 is 4.79 Å². The fraction of sp³-hybridized carbons (Fsp3) is 0.438. The average Bonchev–Trinajstić information content (AvgIpc) is 2.60. The van der Waals surface area contributed by atoms with Crippen molar-refractivity contribution in [3.05, 3.63) is 35.0 Å². The molecule has 18 heavy (non-hydrogen) atoms. The highest BCUT2D eigenvalue weighted by Gasteiger charge is 2.14. The van der Waals surface area contributed by atoms with Gasteiger partial charge in [-0.05, 0) is 37.8 Å². The second-order valence-electron chi connectivity index (χ2n) is 4.99. The highest BCUT2D eigenvalue weighted by Crippen LogP contribution is 2.28. The number of fused-ring (bicyclic) bond motifs is 1. The number of hydrogen-bond donors (Lipinski definition) is 0. The lowest BCUT2D eigenvalue weighted by Crippen LogP contribution is -1.97. The molecule has 0 aliphatic carbocycles. The van der Waals surface area contributed by atoms with Crippen LogP contribution in [-0.2, 0) is 24.7 Å². The molecule has 2 rings (SSSR count). The summed E-state index contributed by atoms with van der Waals surface area (Å²) in [5.41, 5.74) is 5.33. The molecule has 0 atom stereocenters. The second-order valence-corrected chi connectivity index (χ2v) is 4.99. The zero-order valence-corrected chi connectivity index (χ0v) is 11.7. The lowest BCUT2D eigenvalue weighted by Gasteiger charge is -2.03. The first-order valence-electron chi connectivity index (χ1n) is 6.61. The Kier molecular flexibility index (Phi) is 3.55. The molecule has 1 aromatic heterocycles. The predicted octanol–water partition coefficient (Wildman–Crippen LogP) is 3.57. The first-order valence-corrected chi connectivity index (χ1v) is 6.61. The van der Waals surface area contributed by atoms with E-state index in [0.717, 1.165) is 12.8 Å². The normalized spacial score (nSPS) is 11.1. The van der Waals surface area contributed by atoms with Gasteiger partial charge in [0.1, 0.15) is 5.78 Å². The van der Waals surface area contributed by atoms with Gasteiger partial charge in [-0.1, -0.05) is 25.1 Å². The summed E-state index contributed by atoms with van der Waals surface area (Å²) in [5, 5.41) is 1.32. The number of ketones is 1. The SMILES string of the molecule is CCc1cccc2c(CCC(C)=O)c(C)n(C)c12. The molecule has 0 saturated carbocycles. The molecule has 0 saturated heterocycles. The molecule has 0 N–H and O–H groups in total. The minimum atomic E-state index is 0.262. The van der Waals surface area contributed by atoms with Crippen molar-refractivity contribution in [3.63, 3.8) is 0 Å². The first kappa shape index (κ1) is 12.9. The summed E-state index contributed by atoms with van der Waals surface area (Å²) < 4.78 is 2.27. The zero-order chi connectivity index (χ0) is 13.3. The molecule has 2 aromatic rings. The van der Waals surface area contributed by atoms with Crippen LogP contribution in [-0.4, -0.2) is 10.4 Å². The van der Waals surface area contributed by atoms with Crippen LogP contribution in [0.3, 0.4) is 0 Å². The van der Waals surface area contributed by atoms with Crippen LogP contribution in [0, 0.1) is 6.92 Å². The zero-order valence-electron chi connectivity index (χ0n) is 11.7. The first-order chi connectivity index (χ1) is 8.56. The number of Topliss-reactive ketones (excluding diaryl/α,β-unsaturated/α-hetero) is 1. The molecule has 0 unspecified atom stereocenters. The molecule has 0 aliphatic heterocycles. The lowest BCUT2D eigenvalue weighted by atomic mass is 10.0. The van der Waals surface area contributed by atoms with Gasteiger partial charge in [0.15, 0.2) is 0 Å². The Morgan fingerprint density at radius 2 is 2.06 bits per heavy atom. The average molecular weight is 243 g/mol. The largest absolute Gasteiger partial charge is 0.347 e. The number of aryl methyl sites for hydroxylation is 3. The van der Waals surface area contributed by atoms with Gasteiger partial charge in [0.2, 0.25) is 0 Å². The molecule has 0 spiro atoms. The number of para-hydroxylation sites is 1. The van der Waals surface area contributed by atoms with Crippen LogP contribution in [0.25, 0.3) is 10.9 Å². The van der Waals surface area contributed by atoms with Crippen molar-refractivity contribution in [2.75, 3.05) is 0 Å². The van der Waals surface area contributed by atoms with E-state index in [1.54, 1.807) is 6.92 Å². The summed E-state index contributed by atoms with van der Waals surface area (Å²) in [6.07, 6.45) is 2.53. The van der Waals surface area contributed by atoms with Crippen molar-refractivity contribution in [1.82, 2.24) is 4.57 Å². The van der Waals surface area contributed by atoms with Gasteiger partial charge in [0, 0.05) is 24.5 Å². The monoisotopic (exact) mass is 243 g/mol. The number of hydrogen-bond acceptors (Lipinski definition) is 1.